The summed E-state index contributed by atoms with van der Waals surface area (Å²) in [6.07, 6.45) is 4.15. The summed E-state index contributed by atoms with van der Waals surface area (Å²) < 4.78 is 5.11. The summed E-state index contributed by atoms with van der Waals surface area (Å²) in [5.41, 5.74) is 3.37. The topological polar surface area (TPSA) is 57.7 Å². The van der Waals surface area contributed by atoms with Gasteiger partial charge in [0.2, 0.25) is 5.88 Å². The Labute approximate surface area is 154 Å². The highest BCUT2D eigenvalue weighted by molar-refractivity contribution is 5.74. The van der Waals surface area contributed by atoms with Crippen LogP contribution in [0, 0.1) is 0 Å². The first-order chi connectivity index (χ1) is 12.7. The van der Waals surface area contributed by atoms with E-state index in [9.17, 15) is 4.79 Å². The van der Waals surface area contributed by atoms with Crippen LogP contribution in [-0.4, -0.2) is 43.2 Å². The number of para-hydroxylation sites is 1. The molecule has 3 rings (SSSR count). The van der Waals surface area contributed by atoms with Crippen molar-refractivity contribution in [1.29, 1.82) is 0 Å². The van der Waals surface area contributed by atoms with Gasteiger partial charge in [-0.3, -0.25) is 0 Å². The van der Waals surface area contributed by atoms with Crippen molar-refractivity contribution < 1.29 is 9.53 Å². The predicted octanol–water partition coefficient (Wildman–Crippen LogP) is 3.03. The molecule has 1 aliphatic rings. The fraction of sp³-hybridized carbons (Fsp3) is 0.400. The zero-order chi connectivity index (χ0) is 18.4. The maximum atomic E-state index is 12.5. The average Bonchev–Trinajstić information content (AvgIpc) is 3.21. The SMILES string of the molecule is COc1cc(CNC(=O)N(C)Cc2ccccc2N2CCCC2)ccn1. The Balaban J connectivity index is 1.59. The lowest BCUT2D eigenvalue weighted by molar-refractivity contribution is 0.206. The molecule has 0 bridgehead atoms. The first kappa shape index (κ1) is 18.0. The molecule has 1 N–H and O–H groups in total. The molecule has 0 atom stereocenters. The molecule has 0 radical (unpaired) electrons. The van der Waals surface area contributed by atoms with Crippen molar-refractivity contribution in [3.05, 3.63) is 53.7 Å². The number of amides is 2. The van der Waals surface area contributed by atoms with E-state index in [1.54, 1.807) is 18.2 Å². The lowest BCUT2D eigenvalue weighted by atomic mass is 10.1. The number of nitrogens with one attached hydrogen (secondary N) is 1. The van der Waals surface area contributed by atoms with Gasteiger partial charge in [-0.15, -0.1) is 0 Å². The van der Waals surface area contributed by atoms with E-state index in [2.05, 4.69) is 33.4 Å². The first-order valence-electron chi connectivity index (χ1n) is 8.98. The Morgan fingerprint density at radius 3 is 2.81 bits per heavy atom. The third-order valence-corrected chi connectivity index (χ3v) is 4.64. The molecule has 1 saturated heterocycles. The molecule has 2 aromatic rings. The van der Waals surface area contributed by atoms with Gasteiger partial charge in [-0.1, -0.05) is 18.2 Å². The summed E-state index contributed by atoms with van der Waals surface area (Å²) in [5.74, 6) is 0.546. The monoisotopic (exact) mass is 354 g/mol. The lowest BCUT2D eigenvalue weighted by Crippen LogP contribution is -2.36. The van der Waals surface area contributed by atoms with Crippen LogP contribution in [0.1, 0.15) is 24.0 Å². The standard InChI is InChI=1S/C20H26N4O2/c1-23(20(25)22-14-16-9-10-21-19(13-16)26-2)15-17-7-3-4-8-18(17)24-11-5-6-12-24/h3-4,7-10,13H,5-6,11-12,14-15H2,1-2H3,(H,22,25). The van der Waals surface area contributed by atoms with Crippen molar-refractivity contribution in [3.8, 4) is 5.88 Å². The van der Waals surface area contributed by atoms with Gasteiger partial charge in [-0.25, -0.2) is 9.78 Å². The molecular weight excluding hydrogens is 328 g/mol. The number of hydrogen-bond donors (Lipinski definition) is 1. The second-order valence-electron chi connectivity index (χ2n) is 6.54. The van der Waals surface area contributed by atoms with Gasteiger partial charge < -0.3 is 19.9 Å². The lowest BCUT2D eigenvalue weighted by Gasteiger charge is -2.24. The van der Waals surface area contributed by atoms with Crippen LogP contribution < -0.4 is 15.0 Å². The molecular formula is C20H26N4O2. The van der Waals surface area contributed by atoms with Crippen molar-refractivity contribution in [3.63, 3.8) is 0 Å². The summed E-state index contributed by atoms with van der Waals surface area (Å²) in [4.78, 5) is 20.7. The van der Waals surface area contributed by atoms with Gasteiger partial charge in [0.15, 0.2) is 0 Å². The molecule has 138 valence electrons. The summed E-state index contributed by atoms with van der Waals surface area (Å²) in [7, 11) is 3.40. The molecule has 26 heavy (non-hydrogen) atoms. The van der Waals surface area contributed by atoms with Crippen molar-refractivity contribution in [1.82, 2.24) is 15.2 Å². The van der Waals surface area contributed by atoms with Crippen LogP contribution in [0.15, 0.2) is 42.6 Å². The van der Waals surface area contributed by atoms with E-state index >= 15 is 0 Å². The van der Waals surface area contributed by atoms with Crippen LogP contribution >= 0.6 is 0 Å². The Morgan fingerprint density at radius 2 is 2.04 bits per heavy atom. The minimum absolute atomic E-state index is 0.1000. The minimum Gasteiger partial charge on any atom is -0.481 e. The molecule has 6 heteroatoms. The highest BCUT2D eigenvalue weighted by Crippen LogP contribution is 2.25. The third-order valence-electron chi connectivity index (χ3n) is 4.64. The van der Waals surface area contributed by atoms with E-state index in [0.717, 1.165) is 18.7 Å². The normalized spacial score (nSPS) is 13.5. The summed E-state index contributed by atoms with van der Waals surface area (Å²) in [5, 5.41) is 2.95. The Hall–Kier alpha value is -2.76. The summed E-state index contributed by atoms with van der Waals surface area (Å²) in [6.45, 7) is 3.21. The van der Waals surface area contributed by atoms with Gasteiger partial charge in [0.05, 0.1) is 7.11 Å². The van der Waals surface area contributed by atoms with Crippen LogP contribution in [-0.2, 0) is 13.1 Å². The van der Waals surface area contributed by atoms with Crippen LogP contribution in [0.2, 0.25) is 0 Å². The fourth-order valence-corrected chi connectivity index (χ4v) is 3.22. The van der Waals surface area contributed by atoms with Crippen molar-refractivity contribution in [2.24, 2.45) is 0 Å². The van der Waals surface area contributed by atoms with Crippen molar-refractivity contribution in [2.45, 2.75) is 25.9 Å². The first-order valence-corrected chi connectivity index (χ1v) is 8.98. The molecule has 2 heterocycles. The number of aromatic nitrogens is 1. The molecule has 6 nitrogen and oxygen atoms in total. The number of benzene rings is 1. The fourth-order valence-electron chi connectivity index (χ4n) is 3.22. The number of carbonyl (C=O) groups is 1. The van der Waals surface area contributed by atoms with Crippen LogP contribution in [0.25, 0.3) is 0 Å². The average molecular weight is 354 g/mol. The van der Waals surface area contributed by atoms with E-state index < -0.39 is 0 Å². The number of anilines is 1. The maximum Gasteiger partial charge on any atom is 0.317 e. The minimum atomic E-state index is -0.1000. The summed E-state index contributed by atoms with van der Waals surface area (Å²) in [6, 6.07) is 11.9. The van der Waals surface area contributed by atoms with Crippen molar-refractivity contribution >= 4 is 11.7 Å². The number of rotatable bonds is 6. The number of urea groups is 1. The van der Waals surface area contributed by atoms with Gasteiger partial charge in [0, 0.05) is 51.2 Å². The maximum absolute atomic E-state index is 12.5. The zero-order valence-electron chi connectivity index (χ0n) is 15.4. The van der Waals surface area contributed by atoms with Gasteiger partial charge in [0.25, 0.3) is 0 Å². The molecule has 0 saturated carbocycles. The summed E-state index contributed by atoms with van der Waals surface area (Å²) >= 11 is 0. The number of carbonyl (C=O) groups excluding carboxylic acids is 1. The zero-order valence-corrected chi connectivity index (χ0v) is 15.4. The van der Waals surface area contributed by atoms with E-state index in [4.69, 9.17) is 4.74 Å². The number of methoxy groups -OCH3 is 1. The second-order valence-corrected chi connectivity index (χ2v) is 6.54. The van der Waals surface area contributed by atoms with Gasteiger partial charge >= 0.3 is 6.03 Å². The number of hydrogen-bond acceptors (Lipinski definition) is 4. The smallest absolute Gasteiger partial charge is 0.317 e. The van der Waals surface area contributed by atoms with E-state index in [1.807, 2.05) is 25.2 Å². The molecule has 1 aliphatic heterocycles. The molecule has 0 spiro atoms. The van der Waals surface area contributed by atoms with Crippen LogP contribution in [0.5, 0.6) is 5.88 Å². The highest BCUT2D eigenvalue weighted by Gasteiger charge is 2.17. The van der Waals surface area contributed by atoms with Crippen LogP contribution in [0.4, 0.5) is 10.5 Å². The Bertz CT molecular complexity index is 744. The third kappa shape index (κ3) is 4.45. The second kappa shape index (κ2) is 8.56. The van der Waals surface area contributed by atoms with Crippen LogP contribution in [0.3, 0.4) is 0 Å². The predicted molar refractivity (Wildman–Crippen MR) is 102 cm³/mol. The molecule has 0 unspecified atom stereocenters. The van der Waals surface area contributed by atoms with E-state index in [0.29, 0.717) is 19.0 Å². The Kier molecular flexibility index (Phi) is 5.94. The van der Waals surface area contributed by atoms with Gasteiger partial charge in [0.1, 0.15) is 0 Å². The molecule has 1 fully saturated rings. The van der Waals surface area contributed by atoms with Gasteiger partial charge in [-0.2, -0.15) is 0 Å². The Morgan fingerprint density at radius 1 is 1.27 bits per heavy atom. The largest absolute Gasteiger partial charge is 0.481 e. The number of nitrogens with zero attached hydrogens (tertiary/aromatic N) is 3. The van der Waals surface area contributed by atoms with Gasteiger partial charge in [-0.05, 0) is 36.1 Å². The molecule has 0 aliphatic carbocycles. The van der Waals surface area contributed by atoms with E-state index in [1.165, 1.54) is 24.1 Å². The molecule has 1 aromatic carbocycles. The number of ether oxygens (including phenoxy) is 1. The van der Waals surface area contributed by atoms with Crippen molar-refractivity contribution in [2.75, 3.05) is 32.1 Å². The highest BCUT2D eigenvalue weighted by atomic mass is 16.5. The number of pyridine rings is 1. The quantitative estimate of drug-likeness (QED) is 0.866. The molecule has 1 aromatic heterocycles. The van der Waals surface area contributed by atoms with E-state index in [-0.39, 0.29) is 6.03 Å². The molecule has 2 amide bonds.